The van der Waals surface area contributed by atoms with Gasteiger partial charge in [0.05, 0.1) is 6.54 Å². The van der Waals surface area contributed by atoms with Crippen LogP contribution in [0.4, 0.5) is 10.5 Å². The smallest absolute Gasteiger partial charge is 0.322 e. The van der Waals surface area contributed by atoms with E-state index < -0.39 is 0 Å². The van der Waals surface area contributed by atoms with Crippen LogP contribution in [0.15, 0.2) is 72.9 Å². The first-order chi connectivity index (χ1) is 17.3. The van der Waals surface area contributed by atoms with Gasteiger partial charge in [0, 0.05) is 41.7 Å². The number of aromatic nitrogens is 1. The van der Waals surface area contributed by atoms with Crippen LogP contribution in [-0.4, -0.2) is 45.4 Å². The number of rotatable bonds is 11. The predicted molar refractivity (Wildman–Crippen MR) is 147 cm³/mol. The summed E-state index contributed by atoms with van der Waals surface area (Å²) in [7, 11) is 0. The Labute approximate surface area is 219 Å². The average Bonchev–Trinajstić information content (AvgIpc) is 3.29. The summed E-state index contributed by atoms with van der Waals surface area (Å²) >= 11 is 6.39. The van der Waals surface area contributed by atoms with E-state index in [0.717, 1.165) is 22.7 Å². The summed E-state index contributed by atoms with van der Waals surface area (Å²) in [6.07, 6.45) is 2.76. The van der Waals surface area contributed by atoms with E-state index in [9.17, 15) is 9.59 Å². The van der Waals surface area contributed by atoms with Crippen LogP contribution in [0.3, 0.4) is 0 Å². The Bertz CT molecular complexity index is 1130. The van der Waals surface area contributed by atoms with Crippen LogP contribution in [0, 0.1) is 5.92 Å². The first-order valence-corrected chi connectivity index (χ1v) is 12.9. The predicted octanol–water partition coefficient (Wildman–Crippen LogP) is 6.51. The third kappa shape index (κ3) is 7.62. The molecule has 7 heteroatoms. The lowest BCUT2D eigenvalue weighted by Crippen LogP contribution is -2.48. The van der Waals surface area contributed by atoms with E-state index in [4.69, 9.17) is 11.6 Å². The molecular formula is C29H37ClN4O2. The molecule has 36 heavy (non-hydrogen) atoms. The zero-order chi connectivity index (χ0) is 26.1. The Hall–Kier alpha value is -3.25. The molecule has 3 amide bonds. The van der Waals surface area contributed by atoms with E-state index in [1.54, 1.807) is 4.90 Å². The van der Waals surface area contributed by atoms with Gasteiger partial charge in [0.1, 0.15) is 6.54 Å². The molecule has 0 saturated heterocycles. The molecule has 0 aliphatic heterocycles. The standard InChI is InChI=1S/C29H37ClN4O2/c1-5-23(4)34(29(36)31-25-13-7-6-8-14-25)21-28(35)33(18-22(2)3)20-26-15-11-17-32(26)19-24-12-9-10-16-27(24)30/h6-17,22-23H,5,18-21H2,1-4H3,(H,31,36). The minimum Gasteiger partial charge on any atom is -0.345 e. The molecule has 192 valence electrons. The van der Waals surface area contributed by atoms with Crippen molar-refractivity contribution in [3.63, 3.8) is 0 Å². The van der Waals surface area contributed by atoms with Crippen molar-refractivity contribution in [3.05, 3.63) is 89.2 Å². The molecule has 1 unspecified atom stereocenters. The maximum Gasteiger partial charge on any atom is 0.322 e. The van der Waals surface area contributed by atoms with Crippen molar-refractivity contribution in [3.8, 4) is 0 Å². The molecular weight excluding hydrogens is 472 g/mol. The lowest BCUT2D eigenvalue weighted by Gasteiger charge is -2.32. The number of benzene rings is 2. The topological polar surface area (TPSA) is 57.6 Å². The SMILES string of the molecule is CCC(C)N(CC(=O)N(Cc1cccn1Cc1ccccc1Cl)CC(C)C)C(=O)Nc1ccccc1. The van der Waals surface area contributed by atoms with Crippen LogP contribution in [0.1, 0.15) is 45.4 Å². The van der Waals surface area contributed by atoms with Crippen molar-refractivity contribution in [2.24, 2.45) is 5.92 Å². The van der Waals surface area contributed by atoms with Crippen molar-refractivity contribution in [2.75, 3.05) is 18.4 Å². The van der Waals surface area contributed by atoms with Gasteiger partial charge in [0.2, 0.25) is 5.91 Å². The van der Waals surface area contributed by atoms with Crippen LogP contribution in [-0.2, 0) is 17.9 Å². The Morgan fingerprint density at radius 2 is 1.67 bits per heavy atom. The van der Waals surface area contributed by atoms with E-state index >= 15 is 0 Å². The van der Waals surface area contributed by atoms with E-state index in [1.807, 2.05) is 91.7 Å². The van der Waals surface area contributed by atoms with Gasteiger partial charge in [0.15, 0.2) is 0 Å². The molecule has 0 spiro atoms. The molecule has 1 atom stereocenters. The molecule has 0 saturated carbocycles. The van der Waals surface area contributed by atoms with Gasteiger partial charge in [-0.05, 0) is 55.2 Å². The molecule has 2 aromatic carbocycles. The molecule has 0 aliphatic carbocycles. The van der Waals surface area contributed by atoms with Crippen molar-refractivity contribution in [1.82, 2.24) is 14.4 Å². The summed E-state index contributed by atoms with van der Waals surface area (Å²) in [5, 5.41) is 3.65. The first kappa shape index (κ1) is 27.3. The summed E-state index contributed by atoms with van der Waals surface area (Å²) in [5.74, 6) is 0.217. The number of nitrogens with one attached hydrogen (secondary N) is 1. The summed E-state index contributed by atoms with van der Waals surface area (Å²) in [6.45, 7) is 9.89. The third-order valence-electron chi connectivity index (χ3n) is 6.23. The second-order valence-corrected chi connectivity index (χ2v) is 9.98. The highest BCUT2D eigenvalue weighted by Gasteiger charge is 2.26. The molecule has 6 nitrogen and oxygen atoms in total. The van der Waals surface area contributed by atoms with Crippen molar-refractivity contribution in [2.45, 2.75) is 53.2 Å². The van der Waals surface area contributed by atoms with Crippen LogP contribution < -0.4 is 5.32 Å². The molecule has 1 heterocycles. The molecule has 0 fully saturated rings. The summed E-state index contributed by atoms with van der Waals surface area (Å²) in [6, 6.07) is 20.8. The highest BCUT2D eigenvalue weighted by atomic mass is 35.5. The lowest BCUT2D eigenvalue weighted by atomic mass is 10.2. The number of hydrogen-bond acceptors (Lipinski definition) is 2. The molecule has 0 aliphatic rings. The van der Waals surface area contributed by atoms with Gasteiger partial charge in [-0.25, -0.2) is 4.79 Å². The van der Waals surface area contributed by atoms with Gasteiger partial charge in [-0.15, -0.1) is 0 Å². The third-order valence-corrected chi connectivity index (χ3v) is 6.60. The van der Waals surface area contributed by atoms with Gasteiger partial charge in [-0.1, -0.05) is 68.8 Å². The van der Waals surface area contributed by atoms with Gasteiger partial charge < -0.3 is 19.7 Å². The van der Waals surface area contributed by atoms with Gasteiger partial charge >= 0.3 is 6.03 Å². The Morgan fingerprint density at radius 3 is 2.33 bits per heavy atom. The minimum absolute atomic E-state index is 0.0195. The fourth-order valence-electron chi connectivity index (χ4n) is 4.06. The first-order valence-electron chi connectivity index (χ1n) is 12.6. The highest BCUT2D eigenvalue weighted by molar-refractivity contribution is 6.31. The largest absolute Gasteiger partial charge is 0.345 e. The fraction of sp³-hybridized carbons (Fsp3) is 0.379. The number of para-hydroxylation sites is 1. The van der Waals surface area contributed by atoms with E-state index in [2.05, 4.69) is 23.7 Å². The summed E-state index contributed by atoms with van der Waals surface area (Å²) < 4.78 is 2.12. The Balaban J connectivity index is 1.76. The minimum atomic E-state index is -0.268. The zero-order valence-electron chi connectivity index (χ0n) is 21.7. The Kier molecular flexibility index (Phi) is 10.00. The Morgan fingerprint density at radius 1 is 0.972 bits per heavy atom. The number of anilines is 1. The van der Waals surface area contributed by atoms with E-state index in [0.29, 0.717) is 25.3 Å². The van der Waals surface area contributed by atoms with E-state index in [-0.39, 0.29) is 30.4 Å². The van der Waals surface area contributed by atoms with Crippen molar-refractivity contribution in [1.29, 1.82) is 0 Å². The van der Waals surface area contributed by atoms with Crippen LogP contribution in [0.25, 0.3) is 0 Å². The second kappa shape index (κ2) is 13.2. The van der Waals surface area contributed by atoms with Gasteiger partial charge in [-0.2, -0.15) is 0 Å². The van der Waals surface area contributed by atoms with Crippen LogP contribution >= 0.6 is 11.6 Å². The number of carbonyl (C=O) groups is 2. The molecule has 3 aromatic rings. The number of hydrogen-bond donors (Lipinski definition) is 1. The van der Waals surface area contributed by atoms with Crippen LogP contribution in [0.2, 0.25) is 5.02 Å². The molecule has 1 N–H and O–H groups in total. The van der Waals surface area contributed by atoms with Gasteiger partial charge in [0.25, 0.3) is 0 Å². The maximum absolute atomic E-state index is 13.6. The maximum atomic E-state index is 13.6. The second-order valence-electron chi connectivity index (χ2n) is 9.57. The number of amides is 3. The summed E-state index contributed by atoms with van der Waals surface area (Å²) in [4.78, 5) is 30.2. The van der Waals surface area contributed by atoms with E-state index in [1.165, 1.54) is 0 Å². The van der Waals surface area contributed by atoms with Crippen LogP contribution in [0.5, 0.6) is 0 Å². The highest BCUT2D eigenvalue weighted by Crippen LogP contribution is 2.19. The zero-order valence-corrected chi connectivity index (χ0v) is 22.4. The number of nitrogens with zero attached hydrogens (tertiary/aromatic N) is 3. The van der Waals surface area contributed by atoms with Crippen molar-refractivity contribution < 1.29 is 9.59 Å². The molecule has 0 bridgehead atoms. The average molecular weight is 509 g/mol. The fourth-order valence-corrected chi connectivity index (χ4v) is 4.25. The van der Waals surface area contributed by atoms with Gasteiger partial charge in [-0.3, -0.25) is 4.79 Å². The van der Waals surface area contributed by atoms with Crippen molar-refractivity contribution >= 4 is 29.2 Å². The number of carbonyl (C=O) groups excluding carboxylic acids is 2. The molecule has 0 radical (unpaired) electrons. The lowest BCUT2D eigenvalue weighted by molar-refractivity contribution is -0.133. The number of urea groups is 1. The monoisotopic (exact) mass is 508 g/mol. The molecule has 1 aromatic heterocycles. The quantitative estimate of drug-likeness (QED) is 0.321. The summed E-state index contributed by atoms with van der Waals surface area (Å²) in [5.41, 5.74) is 2.76. The molecule has 3 rings (SSSR count). The normalized spacial score (nSPS) is 11.8. The number of halogens is 1.